The van der Waals surface area contributed by atoms with E-state index >= 15 is 0 Å². The second kappa shape index (κ2) is 5.52. The number of carbonyl (C=O) groups is 2. The van der Waals surface area contributed by atoms with Gasteiger partial charge >= 0.3 is 6.09 Å². The molecule has 0 unspecified atom stereocenters. The number of aromatic nitrogens is 2. The summed E-state index contributed by atoms with van der Waals surface area (Å²) >= 11 is 0. The number of hydrogen-bond acceptors (Lipinski definition) is 4. The minimum absolute atomic E-state index is 0.0439. The number of nitrogens with one attached hydrogen (secondary N) is 1. The molecule has 7 nitrogen and oxygen atoms in total. The summed E-state index contributed by atoms with van der Waals surface area (Å²) in [7, 11) is 0. The van der Waals surface area contributed by atoms with Gasteiger partial charge in [0.1, 0.15) is 13.2 Å². The zero-order valence-electron chi connectivity index (χ0n) is 10.2. The van der Waals surface area contributed by atoms with E-state index in [1.54, 1.807) is 10.9 Å². The normalized spacial score (nSPS) is 16.5. The van der Waals surface area contributed by atoms with Crippen LogP contribution in [0.15, 0.2) is 18.5 Å². The van der Waals surface area contributed by atoms with Crippen molar-refractivity contribution in [1.29, 1.82) is 0 Å². The summed E-state index contributed by atoms with van der Waals surface area (Å²) in [6, 6.07) is 1.78. The number of carbonyl (C=O) groups excluding carboxylic acids is 2. The van der Waals surface area contributed by atoms with E-state index in [4.69, 9.17) is 4.74 Å². The Morgan fingerprint density at radius 2 is 2.50 bits per heavy atom. The van der Waals surface area contributed by atoms with Crippen molar-refractivity contribution in [2.75, 3.05) is 19.7 Å². The van der Waals surface area contributed by atoms with Crippen molar-refractivity contribution in [3.63, 3.8) is 0 Å². The first kappa shape index (κ1) is 12.4. The number of amides is 2. The van der Waals surface area contributed by atoms with Crippen molar-refractivity contribution >= 4 is 12.0 Å². The molecule has 98 valence electrons. The highest BCUT2D eigenvalue weighted by atomic mass is 16.6. The Labute approximate surface area is 105 Å². The largest absolute Gasteiger partial charge is 0.448 e. The highest BCUT2D eigenvalue weighted by molar-refractivity contribution is 5.82. The van der Waals surface area contributed by atoms with Crippen LogP contribution in [0.4, 0.5) is 4.79 Å². The predicted molar refractivity (Wildman–Crippen MR) is 62.8 cm³/mol. The maximum Gasteiger partial charge on any atom is 0.410 e. The Balaban J connectivity index is 1.75. The molecule has 2 heterocycles. The van der Waals surface area contributed by atoms with Crippen molar-refractivity contribution < 1.29 is 14.3 Å². The summed E-state index contributed by atoms with van der Waals surface area (Å²) in [6.45, 7) is 3.36. The molecule has 0 radical (unpaired) electrons. The van der Waals surface area contributed by atoms with Gasteiger partial charge in [-0.3, -0.25) is 14.4 Å². The van der Waals surface area contributed by atoms with Crippen molar-refractivity contribution in [2.45, 2.75) is 19.5 Å². The second-order valence-corrected chi connectivity index (χ2v) is 4.23. The molecule has 7 heteroatoms. The lowest BCUT2D eigenvalue weighted by Gasteiger charge is -2.16. The fraction of sp³-hybridized carbons (Fsp3) is 0.545. The van der Waals surface area contributed by atoms with Gasteiger partial charge in [-0.1, -0.05) is 0 Å². The van der Waals surface area contributed by atoms with E-state index in [0.29, 0.717) is 19.7 Å². The molecule has 0 aromatic carbocycles. The molecule has 18 heavy (non-hydrogen) atoms. The number of cyclic esters (lactones) is 1. The van der Waals surface area contributed by atoms with Crippen LogP contribution >= 0.6 is 0 Å². The van der Waals surface area contributed by atoms with Gasteiger partial charge in [0.25, 0.3) is 0 Å². The third-order valence-corrected chi connectivity index (χ3v) is 2.61. The molecule has 1 aromatic rings. The third kappa shape index (κ3) is 3.22. The molecule has 0 aliphatic carbocycles. The lowest BCUT2D eigenvalue weighted by molar-refractivity contribution is -0.122. The van der Waals surface area contributed by atoms with E-state index < -0.39 is 6.09 Å². The van der Waals surface area contributed by atoms with Gasteiger partial charge in [-0.2, -0.15) is 5.10 Å². The first-order valence-electron chi connectivity index (χ1n) is 5.83. The van der Waals surface area contributed by atoms with Crippen molar-refractivity contribution in [3.8, 4) is 0 Å². The topological polar surface area (TPSA) is 76.5 Å². The average molecular weight is 252 g/mol. The predicted octanol–water partition coefficient (Wildman–Crippen LogP) is -0.160. The third-order valence-electron chi connectivity index (χ3n) is 2.61. The standard InChI is InChI=1S/C11H16N4O3/c1-9(7-15-4-2-3-12-15)13-10(16)8-14-5-6-18-11(14)17/h2-4,9H,5-8H2,1H3,(H,13,16)/t9-/m0/s1. The molecule has 1 aliphatic rings. The highest BCUT2D eigenvalue weighted by Crippen LogP contribution is 2.02. The molecule has 1 atom stereocenters. The molecular formula is C11H16N4O3. The fourth-order valence-corrected chi connectivity index (χ4v) is 1.80. The summed E-state index contributed by atoms with van der Waals surface area (Å²) < 4.78 is 6.49. The minimum atomic E-state index is -0.426. The van der Waals surface area contributed by atoms with Gasteiger partial charge in [0.2, 0.25) is 5.91 Å². The van der Waals surface area contributed by atoms with Crippen LogP contribution in [0.5, 0.6) is 0 Å². The molecule has 0 saturated carbocycles. The molecule has 1 aromatic heterocycles. The van der Waals surface area contributed by atoms with Crippen LogP contribution < -0.4 is 5.32 Å². The summed E-state index contributed by atoms with van der Waals surface area (Å²) in [4.78, 5) is 24.2. The quantitative estimate of drug-likeness (QED) is 0.790. The summed E-state index contributed by atoms with van der Waals surface area (Å²) in [5.74, 6) is -0.187. The second-order valence-electron chi connectivity index (χ2n) is 4.23. The van der Waals surface area contributed by atoms with Crippen molar-refractivity contribution in [1.82, 2.24) is 20.0 Å². The Bertz CT molecular complexity index is 418. The van der Waals surface area contributed by atoms with Crippen molar-refractivity contribution in [2.24, 2.45) is 0 Å². The monoisotopic (exact) mass is 252 g/mol. The molecular weight excluding hydrogens is 236 g/mol. The Morgan fingerprint density at radius 3 is 3.11 bits per heavy atom. The van der Waals surface area contributed by atoms with Crippen LogP contribution in [-0.4, -0.2) is 52.4 Å². The first-order valence-corrected chi connectivity index (χ1v) is 5.83. The smallest absolute Gasteiger partial charge is 0.410 e. The average Bonchev–Trinajstić information content (AvgIpc) is 2.91. The van der Waals surface area contributed by atoms with E-state index in [-0.39, 0.29) is 18.5 Å². The molecule has 1 saturated heterocycles. The van der Waals surface area contributed by atoms with E-state index in [9.17, 15) is 9.59 Å². The van der Waals surface area contributed by atoms with Gasteiger partial charge in [0.05, 0.1) is 13.1 Å². The van der Waals surface area contributed by atoms with Crippen LogP contribution in [0, 0.1) is 0 Å². The number of rotatable bonds is 5. The molecule has 1 fully saturated rings. The zero-order chi connectivity index (χ0) is 13.0. The number of nitrogens with zero attached hydrogens (tertiary/aromatic N) is 3. The first-order chi connectivity index (χ1) is 8.65. The van der Waals surface area contributed by atoms with Crippen LogP contribution in [0.2, 0.25) is 0 Å². The summed E-state index contributed by atoms with van der Waals surface area (Å²) in [5.41, 5.74) is 0. The number of ether oxygens (including phenoxy) is 1. The van der Waals surface area contributed by atoms with Gasteiger partial charge in [-0.15, -0.1) is 0 Å². The number of hydrogen-bond donors (Lipinski definition) is 1. The van der Waals surface area contributed by atoms with Gasteiger partial charge in [0.15, 0.2) is 0 Å². The van der Waals surface area contributed by atoms with Gasteiger partial charge in [0, 0.05) is 18.4 Å². The lowest BCUT2D eigenvalue weighted by atomic mass is 10.3. The van der Waals surface area contributed by atoms with E-state index in [1.165, 1.54) is 4.90 Å². The SMILES string of the molecule is C[C@@H](Cn1cccn1)NC(=O)CN1CCOC1=O. The minimum Gasteiger partial charge on any atom is -0.448 e. The maximum absolute atomic E-state index is 11.7. The van der Waals surface area contributed by atoms with Crippen molar-refractivity contribution in [3.05, 3.63) is 18.5 Å². The molecule has 1 N–H and O–H groups in total. The van der Waals surface area contributed by atoms with E-state index in [0.717, 1.165) is 0 Å². The van der Waals surface area contributed by atoms with Crippen LogP contribution in [0.25, 0.3) is 0 Å². The lowest BCUT2D eigenvalue weighted by Crippen LogP contribution is -2.42. The Morgan fingerprint density at radius 1 is 1.67 bits per heavy atom. The van der Waals surface area contributed by atoms with E-state index in [1.807, 2.05) is 19.2 Å². The maximum atomic E-state index is 11.7. The Kier molecular flexibility index (Phi) is 3.81. The van der Waals surface area contributed by atoms with Crippen LogP contribution in [0.1, 0.15) is 6.92 Å². The molecule has 2 amide bonds. The molecule has 0 spiro atoms. The van der Waals surface area contributed by atoms with Crippen LogP contribution in [0.3, 0.4) is 0 Å². The molecule has 1 aliphatic heterocycles. The highest BCUT2D eigenvalue weighted by Gasteiger charge is 2.24. The summed E-state index contributed by atoms with van der Waals surface area (Å²) in [6.07, 6.45) is 3.10. The van der Waals surface area contributed by atoms with Gasteiger partial charge in [-0.25, -0.2) is 4.79 Å². The zero-order valence-corrected chi connectivity index (χ0v) is 10.2. The van der Waals surface area contributed by atoms with Crippen LogP contribution in [-0.2, 0) is 16.1 Å². The fourth-order valence-electron chi connectivity index (χ4n) is 1.80. The molecule has 0 bridgehead atoms. The van der Waals surface area contributed by atoms with E-state index in [2.05, 4.69) is 10.4 Å². The molecule has 2 rings (SSSR count). The van der Waals surface area contributed by atoms with Gasteiger partial charge < -0.3 is 10.1 Å². The van der Waals surface area contributed by atoms with Gasteiger partial charge in [-0.05, 0) is 13.0 Å². The summed E-state index contributed by atoms with van der Waals surface area (Å²) in [5, 5.41) is 6.88. The Hall–Kier alpha value is -2.05.